The third-order valence-electron chi connectivity index (χ3n) is 4.52. The minimum atomic E-state index is 0.676. The van der Waals surface area contributed by atoms with E-state index in [4.69, 9.17) is 0 Å². The number of nitrogens with zero attached hydrogens (tertiary/aromatic N) is 1. The van der Waals surface area contributed by atoms with E-state index in [-0.39, 0.29) is 0 Å². The van der Waals surface area contributed by atoms with Gasteiger partial charge in [-0.15, -0.1) is 0 Å². The maximum absolute atomic E-state index is 4.09. The first-order valence-electron chi connectivity index (χ1n) is 6.99. The molecule has 2 saturated carbocycles. The fourth-order valence-electron chi connectivity index (χ4n) is 3.53. The van der Waals surface area contributed by atoms with E-state index in [9.17, 15) is 0 Å². The van der Waals surface area contributed by atoms with Gasteiger partial charge in [-0.1, -0.05) is 6.92 Å². The average Bonchev–Trinajstić information content (AvgIpc) is 2.97. The van der Waals surface area contributed by atoms with Gasteiger partial charge in [0.15, 0.2) is 0 Å². The second kappa shape index (κ2) is 4.77. The number of rotatable bonds is 5. The van der Waals surface area contributed by atoms with Crippen molar-refractivity contribution < 1.29 is 0 Å². The predicted molar refractivity (Wildman–Crippen MR) is 69.7 cm³/mol. The van der Waals surface area contributed by atoms with Crippen LogP contribution in [0.4, 0.5) is 0 Å². The Morgan fingerprint density at radius 1 is 1.24 bits per heavy atom. The Morgan fingerprint density at radius 2 is 1.94 bits per heavy atom. The molecule has 3 atom stereocenters. The summed E-state index contributed by atoms with van der Waals surface area (Å²) in [4.78, 5) is 4.09. The van der Waals surface area contributed by atoms with Crippen LogP contribution >= 0.6 is 0 Å². The topological polar surface area (TPSA) is 24.9 Å². The second-order valence-electron chi connectivity index (χ2n) is 5.71. The van der Waals surface area contributed by atoms with Gasteiger partial charge in [-0.25, -0.2) is 0 Å². The Hall–Kier alpha value is -0.890. The van der Waals surface area contributed by atoms with Gasteiger partial charge in [0.1, 0.15) is 0 Å². The Balaban J connectivity index is 1.63. The lowest BCUT2D eigenvalue weighted by Gasteiger charge is -2.25. The van der Waals surface area contributed by atoms with Crippen molar-refractivity contribution in [3.63, 3.8) is 0 Å². The first kappa shape index (κ1) is 11.2. The second-order valence-corrected chi connectivity index (χ2v) is 5.71. The van der Waals surface area contributed by atoms with Crippen LogP contribution in [0.2, 0.25) is 0 Å². The van der Waals surface area contributed by atoms with E-state index in [0.717, 1.165) is 24.3 Å². The van der Waals surface area contributed by atoms with Crippen molar-refractivity contribution in [1.29, 1.82) is 0 Å². The first-order valence-corrected chi connectivity index (χ1v) is 6.99. The fraction of sp³-hybridized carbons (Fsp3) is 0.667. The van der Waals surface area contributed by atoms with E-state index in [1.165, 1.54) is 31.2 Å². The van der Waals surface area contributed by atoms with Gasteiger partial charge >= 0.3 is 0 Å². The van der Waals surface area contributed by atoms with Gasteiger partial charge in [0.25, 0.3) is 0 Å². The van der Waals surface area contributed by atoms with Crippen molar-refractivity contribution in [2.24, 2.45) is 17.8 Å². The van der Waals surface area contributed by atoms with E-state index in [2.05, 4.69) is 29.4 Å². The molecule has 0 aliphatic heterocycles. The number of fused-ring (bicyclic) bond motifs is 1. The molecule has 0 amide bonds. The number of pyridine rings is 1. The maximum atomic E-state index is 4.09. The molecule has 92 valence electrons. The summed E-state index contributed by atoms with van der Waals surface area (Å²) in [5.74, 6) is 3.07. The number of hydrogen-bond acceptors (Lipinski definition) is 2. The van der Waals surface area contributed by atoms with E-state index in [1.54, 1.807) is 0 Å². The summed E-state index contributed by atoms with van der Waals surface area (Å²) in [7, 11) is 0. The van der Waals surface area contributed by atoms with Gasteiger partial charge in [0, 0.05) is 18.4 Å². The van der Waals surface area contributed by atoms with Crippen LogP contribution in [0.1, 0.15) is 31.7 Å². The van der Waals surface area contributed by atoms with Crippen molar-refractivity contribution >= 4 is 0 Å². The number of nitrogens with one attached hydrogen (secondary N) is 1. The van der Waals surface area contributed by atoms with E-state index >= 15 is 0 Å². The van der Waals surface area contributed by atoms with E-state index in [1.807, 2.05) is 12.4 Å². The highest BCUT2D eigenvalue weighted by Gasteiger charge is 2.47. The molecule has 3 rings (SSSR count). The zero-order valence-corrected chi connectivity index (χ0v) is 10.6. The largest absolute Gasteiger partial charge is 0.314 e. The molecule has 17 heavy (non-hydrogen) atoms. The van der Waals surface area contributed by atoms with Crippen molar-refractivity contribution in [3.05, 3.63) is 30.1 Å². The third-order valence-corrected chi connectivity index (χ3v) is 4.52. The molecule has 2 nitrogen and oxygen atoms in total. The van der Waals surface area contributed by atoms with Crippen LogP contribution < -0.4 is 5.32 Å². The van der Waals surface area contributed by atoms with Gasteiger partial charge in [-0.05, 0) is 67.7 Å². The Morgan fingerprint density at radius 3 is 2.59 bits per heavy atom. The molecule has 2 aliphatic rings. The molecular weight excluding hydrogens is 208 g/mol. The maximum Gasteiger partial charge on any atom is 0.0270 e. The van der Waals surface area contributed by atoms with Crippen LogP contribution in [-0.4, -0.2) is 17.6 Å². The van der Waals surface area contributed by atoms with Crippen LogP contribution in [0.5, 0.6) is 0 Å². The molecule has 0 spiro atoms. The van der Waals surface area contributed by atoms with Crippen molar-refractivity contribution in [2.45, 2.75) is 38.6 Å². The lowest BCUT2D eigenvalue weighted by Crippen LogP contribution is -2.37. The van der Waals surface area contributed by atoms with Crippen LogP contribution in [-0.2, 0) is 6.42 Å². The SMILES string of the molecule is CCNC(Cc1ccncc1)C1CC2CC2C1. The smallest absolute Gasteiger partial charge is 0.0270 e. The minimum Gasteiger partial charge on any atom is -0.314 e. The lowest BCUT2D eigenvalue weighted by atomic mass is 9.90. The summed E-state index contributed by atoms with van der Waals surface area (Å²) in [6.45, 7) is 3.30. The molecule has 1 heterocycles. The minimum absolute atomic E-state index is 0.676. The van der Waals surface area contributed by atoms with Gasteiger partial charge in [0.2, 0.25) is 0 Å². The van der Waals surface area contributed by atoms with Crippen molar-refractivity contribution in [1.82, 2.24) is 10.3 Å². The standard InChI is InChI=1S/C15H22N2/c1-2-17-15(7-11-3-5-16-6-4-11)14-9-12-8-13(12)10-14/h3-6,12-15,17H,2,7-10H2,1H3. The van der Waals surface area contributed by atoms with Gasteiger partial charge < -0.3 is 5.32 Å². The molecular formula is C15H22N2. The Bertz CT molecular complexity index is 352. The van der Waals surface area contributed by atoms with E-state index < -0.39 is 0 Å². The van der Waals surface area contributed by atoms with Crippen LogP contribution in [0.25, 0.3) is 0 Å². The monoisotopic (exact) mass is 230 g/mol. The number of likely N-dealkylation sites (N-methyl/N-ethyl adjacent to an activating group) is 1. The first-order chi connectivity index (χ1) is 8.36. The lowest BCUT2D eigenvalue weighted by molar-refractivity contribution is 0.337. The summed E-state index contributed by atoms with van der Waals surface area (Å²) in [6.07, 6.45) is 9.43. The summed E-state index contributed by atoms with van der Waals surface area (Å²) in [6, 6.07) is 4.98. The summed E-state index contributed by atoms with van der Waals surface area (Å²) in [5.41, 5.74) is 1.42. The average molecular weight is 230 g/mol. The highest BCUT2D eigenvalue weighted by molar-refractivity contribution is 5.13. The number of aromatic nitrogens is 1. The predicted octanol–water partition coefficient (Wildman–Crippen LogP) is 2.65. The molecule has 1 aromatic heterocycles. The van der Waals surface area contributed by atoms with Crippen molar-refractivity contribution in [3.8, 4) is 0 Å². The molecule has 0 aromatic carbocycles. The van der Waals surface area contributed by atoms with Gasteiger partial charge in [-0.3, -0.25) is 4.98 Å². The molecule has 3 unspecified atom stereocenters. The normalized spacial score (nSPS) is 32.2. The summed E-state index contributed by atoms with van der Waals surface area (Å²) >= 11 is 0. The molecule has 0 radical (unpaired) electrons. The van der Waals surface area contributed by atoms with Gasteiger partial charge in [0.05, 0.1) is 0 Å². The zero-order chi connectivity index (χ0) is 11.7. The molecule has 2 aliphatic carbocycles. The van der Waals surface area contributed by atoms with Crippen LogP contribution in [0, 0.1) is 17.8 Å². The summed E-state index contributed by atoms with van der Waals surface area (Å²) < 4.78 is 0. The van der Waals surface area contributed by atoms with Crippen LogP contribution in [0.3, 0.4) is 0 Å². The Kier molecular flexibility index (Phi) is 3.15. The molecule has 1 aromatic rings. The summed E-state index contributed by atoms with van der Waals surface area (Å²) in [5, 5.41) is 3.69. The van der Waals surface area contributed by atoms with Crippen molar-refractivity contribution in [2.75, 3.05) is 6.54 Å². The van der Waals surface area contributed by atoms with E-state index in [0.29, 0.717) is 6.04 Å². The molecule has 2 fully saturated rings. The highest BCUT2D eigenvalue weighted by Crippen LogP contribution is 2.55. The Labute approximate surface area is 104 Å². The molecule has 0 saturated heterocycles. The van der Waals surface area contributed by atoms with Crippen LogP contribution in [0.15, 0.2) is 24.5 Å². The quantitative estimate of drug-likeness (QED) is 0.841. The fourth-order valence-corrected chi connectivity index (χ4v) is 3.53. The highest BCUT2D eigenvalue weighted by atomic mass is 14.9. The zero-order valence-electron chi connectivity index (χ0n) is 10.6. The molecule has 1 N–H and O–H groups in total. The molecule has 2 heteroatoms. The van der Waals surface area contributed by atoms with Gasteiger partial charge in [-0.2, -0.15) is 0 Å². The molecule has 0 bridgehead atoms. The number of hydrogen-bond donors (Lipinski definition) is 1. The third kappa shape index (κ3) is 2.52.